The molecule has 0 radical (unpaired) electrons. The molecule has 1 aliphatic carbocycles. The third kappa shape index (κ3) is 5.51. The van der Waals surface area contributed by atoms with Crippen LogP contribution in [0.5, 0.6) is 11.5 Å². The van der Waals surface area contributed by atoms with Gasteiger partial charge in [-0.1, -0.05) is 32.3 Å². The quantitative estimate of drug-likeness (QED) is 0.515. The van der Waals surface area contributed by atoms with Crippen LogP contribution in [0.1, 0.15) is 57.9 Å². The Balaban J connectivity index is 1.73. The number of thioether (sulfide) groups is 1. The van der Waals surface area contributed by atoms with E-state index in [0.29, 0.717) is 29.9 Å². The van der Waals surface area contributed by atoms with Crippen LogP contribution in [-0.4, -0.2) is 30.3 Å². The number of benzene rings is 1. The van der Waals surface area contributed by atoms with E-state index in [0.717, 1.165) is 42.2 Å². The first kappa shape index (κ1) is 19.8. The first-order chi connectivity index (χ1) is 13.2. The van der Waals surface area contributed by atoms with Crippen LogP contribution >= 0.6 is 11.8 Å². The van der Waals surface area contributed by atoms with Gasteiger partial charge in [-0.25, -0.2) is 0 Å². The number of amides is 1. The summed E-state index contributed by atoms with van der Waals surface area (Å²) in [7, 11) is 0. The molecule has 0 aromatic heterocycles. The number of carbonyl (C=O) groups excluding carboxylic acids is 1. The van der Waals surface area contributed by atoms with Crippen molar-refractivity contribution in [1.82, 2.24) is 5.32 Å². The van der Waals surface area contributed by atoms with Crippen molar-refractivity contribution >= 4 is 28.9 Å². The molecule has 146 valence electrons. The maximum atomic E-state index is 12.3. The van der Waals surface area contributed by atoms with Gasteiger partial charge < -0.3 is 14.8 Å². The predicted octanol–water partition coefficient (Wildman–Crippen LogP) is 4.77. The van der Waals surface area contributed by atoms with E-state index in [1.807, 2.05) is 31.2 Å². The van der Waals surface area contributed by atoms with Crippen LogP contribution < -0.4 is 14.8 Å². The van der Waals surface area contributed by atoms with Gasteiger partial charge in [0.1, 0.15) is 0 Å². The van der Waals surface area contributed by atoms with Gasteiger partial charge in [0.25, 0.3) is 5.91 Å². The molecule has 5 nitrogen and oxygen atoms in total. The molecule has 0 spiro atoms. The van der Waals surface area contributed by atoms with Crippen LogP contribution in [-0.2, 0) is 4.79 Å². The predicted molar refractivity (Wildman–Crippen MR) is 111 cm³/mol. The monoisotopic (exact) mass is 388 g/mol. The van der Waals surface area contributed by atoms with Gasteiger partial charge in [0.2, 0.25) is 0 Å². The fourth-order valence-electron chi connectivity index (χ4n) is 3.17. The van der Waals surface area contributed by atoms with Crippen molar-refractivity contribution in [1.29, 1.82) is 0 Å². The highest BCUT2D eigenvalue weighted by Gasteiger charge is 2.25. The van der Waals surface area contributed by atoms with Crippen molar-refractivity contribution in [3.8, 4) is 11.5 Å². The summed E-state index contributed by atoms with van der Waals surface area (Å²) >= 11 is 1.42. The molecule has 1 aromatic rings. The highest BCUT2D eigenvalue weighted by molar-refractivity contribution is 8.18. The minimum Gasteiger partial charge on any atom is -0.490 e. The normalized spacial score (nSPS) is 20.4. The summed E-state index contributed by atoms with van der Waals surface area (Å²) in [5.41, 5.74) is 0.918. The van der Waals surface area contributed by atoms with E-state index in [1.165, 1.54) is 24.6 Å². The molecule has 0 unspecified atom stereocenters. The molecule has 1 saturated heterocycles. The van der Waals surface area contributed by atoms with Crippen LogP contribution in [0.25, 0.3) is 6.08 Å². The lowest BCUT2D eigenvalue weighted by Gasteiger charge is -2.12. The molecule has 1 heterocycles. The molecule has 0 atom stereocenters. The molecule has 27 heavy (non-hydrogen) atoms. The lowest BCUT2D eigenvalue weighted by molar-refractivity contribution is -0.115. The van der Waals surface area contributed by atoms with Gasteiger partial charge in [-0.15, -0.1) is 0 Å². The molecule has 6 heteroatoms. The fourth-order valence-corrected chi connectivity index (χ4v) is 4.06. The van der Waals surface area contributed by atoms with Crippen molar-refractivity contribution in [3.63, 3.8) is 0 Å². The molecule has 2 aliphatic rings. The number of nitrogens with zero attached hydrogens (tertiary/aromatic N) is 1. The first-order valence-corrected chi connectivity index (χ1v) is 10.7. The number of unbranched alkanes of at least 4 members (excludes halogenated alkanes) is 1. The molecule has 1 aromatic carbocycles. The van der Waals surface area contributed by atoms with E-state index in [4.69, 9.17) is 9.47 Å². The van der Waals surface area contributed by atoms with Crippen molar-refractivity contribution < 1.29 is 14.3 Å². The van der Waals surface area contributed by atoms with Crippen molar-refractivity contribution in [3.05, 3.63) is 28.7 Å². The molecule has 3 rings (SSSR count). The Bertz CT molecular complexity index is 724. The summed E-state index contributed by atoms with van der Waals surface area (Å²) in [5.74, 6) is 1.38. The number of amidine groups is 1. The number of rotatable bonds is 8. The maximum Gasteiger partial charge on any atom is 0.264 e. The highest BCUT2D eigenvalue weighted by Crippen LogP contribution is 2.32. The molecule has 1 saturated carbocycles. The molecule has 1 N–H and O–H groups in total. The standard InChI is InChI=1S/C21H28N2O3S/c1-3-5-12-26-17-11-10-15(13-18(17)25-4-2)14-19-20(24)23-21(27-19)22-16-8-6-7-9-16/h10-11,13-14,16H,3-9,12H2,1-2H3,(H,22,23,24)/b19-14-. The first-order valence-electron chi connectivity index (χ1n) is 9.88. The van der Waals surface area contributed by atoms with Crippen LogP contribution in [0.2, 0.25) is 0 Å². The Morgan fingerprint density at radius 1 is 1.22 bits per heavy atom. The Morgan fingerprint density at radius 3 is 2.78 bits per heavy atom. The smallest absolute Gasteiger partial charge is 0.264 e. The number of aliphatic imine (C=N–C) groups is 1. The Hall–Kier alpha value is -1.95. The summed E-state index contributed by atoms with van der Waals surface area (Å²) in [6, 6.07) is 6.16. The number of carbonyl (C=O) groups is 1. The average Bonchev–Trinajstić information content (AvgIpc) is 3.27. The Labute approximate surface area is 165 Å². The van der Waals surface area contributed by atoms with Crippen molar-refractivity contribution in [2.24, 2.45) is 4.99 Å². The largest absolute Gasteiger partial charge is 0.490 e. The number of hydrogen-bond acceptors (Lipinski definition) is 5. The minimum atomic E-state index is -0.0852. The van der Waals surface area contributed by atoms with Gasteiger partial charge in [0.15, 0.2) is 16.7 Å². The van der Waals surface area contributed by atoms with Crippen LogP contribution in [0.4, 0.5) is 0 Å². The van der Waals surface area contributed by atoms with Gasteiger partial charge in [-0.3, -0.25) is 9.79 Å². The van der Waals surface area contributed by atoms with E-state index >= 15 is 0 Å². The molecular weight excluding hydrogens is 360 g/mol. The number of hydrogen-bond donors (Lipinski definition) is 1. The van der Waals surface area contributed by atoms with Gasteiger partial charge in [0, 0.05) is 0 Å². The second-order valence-corrected chi connectivity index (χ2v) is 7.81. The van der Waals surface area contributed by atoms with E-state index < -0.39 is 0 Å². The number of ether oxygens (including phenoxy) is 2. The summed E-state index contributed by atoms with van der Waals surface area (Å²) < 4.78 is 11.5. The van der Waals surface area contributed by atoms with Crippen molar-refractivity contribution in [2.75, 3.05) is 13.2 Å². The SMILES string of the molecule is CCCCOc1ccc(/C=C2\SC(=NC3CCCC3)NC2=O)cc1OCC. The third-order valence-electron chi connectivity index (χ3n) is 4.60. The van der Waals surface area contributed by atoms with Crippen LogP contribution in [0, 0.1) is 0 Å². The van der Waals surface area contributed by atoms with Gasteiger partial charge in [0.05, 0.1) is 24.2 Å². The fraction of sp³-hybridized carbons (Fsp3) is 0.524. The Morgan fingerprint density at radius 2 is 2.04 bits per heavy atom. The number of nitrogens with one attached hydrogen (secondary N) is 1. The topological polar surface area (TPSA) is 59.9 Å². The van der Waals surface area contributed by atoms with Crippen molar-refractivity contribution in [2.45, 2.75) is 58.4 Å². The molecule has 0 bridgehead atoms. The van der Waals surface area contributed by atoms with Crippen LogP contribution in [0.15, 0.2) is 28.1 Å². The van der Waals surface area contributed by atoms with Gasteiger partial charge in [-0.2, -0.15) is 0 Å². The van der Waals surface area contributed by atoms with E-state index in [2.05, 4.69) is 17.2 Å². The minimum absolute atomic E-state index is 0.0852. The lowest BCUT2D eigenvalue weighted by Crippen LogP contribution is -2.21. The van der Waals surface area contributed by atoms with E-state index in [9.17, 15) is 4.79 Å². The molecule has 2 fully saturated rings. The van der Waals surface area contributed by atoms with Gasteiger partial charge in [-0.05, 0) is 61.7 Å². The van der Waals surface area contributed by atoms with E-state index in [1.54, 1.807) is 0 Å². The van der Waals surface area contributed by atoms with Crippen LogP contribution in [0.3, 0.4) is 0 Å². The summed E-state index contributed by atoms with van der Waals surface area (Å²) in [6.45, 7) is 5.33. The van der Waals surface area contributed by atoms with E-state index in [-0.39, 0.29) is 5.91 Å². The Kier molecular flexibility index (Phi) is 7.21. The second kappa shape index (κ2) is 9.83. The molecular formula is C21H28N2O3S. The maximum absolute atomic E-state index is 12.3. The zero-order valence-electron chi connectivity index (χ0n) is 16.1. The summed E-state index contributed by atoms with van der Waals surface area (Å²) in [6.07, 6.45) is 8.69. The average molecular weight is 389 g/mol. The summed E-state index contributed by atoms with van der Waals surface area (Å²) in [5, 5.41) is 3.61. The third-order valence-corrected chi connectivity index (χ3v) is 5.52. The molecule has 1 aliphatic heterocycles. The molecule has 1 amide bonds. The zero-order chi connectivity index (χ0) is 19.1. The lowest BCUT2D eigenvalue weighted by atomic mass is 10.2. The highest BCUT2D eigenvalue weighted by atomic mass is 32.2. The summed E-state index contributed by atoms with van der Waals surface area (Å²) in [4.78, 5) is 17.6. The zero-order valence-corrected chi connectivity index (χ0v) is 16.9. The second-order valence-electron chi connectivity index (χ2n) is 6.78. The van der Waals surface area contributed by atoms with Gasteiger partial charge >= 0.3 is 0 Å².